The van der Waals surface area contributed by atoms with E-state index in [1.807, 2.05) is 0 Å². The summed E-state index contributed by atoms with van der Waals surface area (Å²) in [6.07, 6.45) is 16.1. The van der Waals surface area contributed by atoms with Crippen molar-refractivity contribution in [3.05, 3.63) is 36.0 Å². The van der Waals surface area contributed by atoms with Gasteiger partial charge in [0, 0.05) is 32.0 Å². The van der Waals surface area contributed by atoms with Crippen LogP contribution >= 0.6 is 0 Å². The average molecular weight is 475 g/mol. The van der Waals surface area contributed by atoms with Gasteiger partial charge in [-0.15, -0.1) is 0 Å². The largest absolute Gasteiger partial charge is 0.442 e. The number of hydrogen-bond acceptors (Lipinski definition) is 5. The molecule has 2 amide bonds. The van der Waals surface area contributed by atoms with E-state index in [1.165, 1.54) is 18.7 Å². The van der Waals surface area contributed by atoms with E-state index in [-0.39, 0.29) is 29.3 Å². The van der Waals surface area contributed by atoms with Gasteiger partial charge in [-0.1, -0.05) is 23.8 Å². The molecule has 2 aliphatic heterocycles. The Morgan fingerprint density at radius 1 is 1.18 bits per heavy atom. The Hall–Kier alpha value is -2.12. The molecule has 1 aliphatic carbocycles. The van der Waals surface area contributed by atoms with E-state index in [1.54, 1.807) is 13.0 Å². The van der Waals surface area contributed by atoms with Crippen molar-refractivity contribution in [3.8, 4) is 0 Å². The van der Waals surface area contributed by atoms with Crippen molar-refractivity contribution in [3.63, 3.8) is 0 Å². The Balaban J connectivity index is 1.35. The second kappa shape index (κ2) is 11.5. The lowest BCUT2D eigenvalue weighted by molar-refractivity contribution is -0.117. The highest BCUT2D eigenvalue weighted by Gasteiger charge is 2.53. The minimum absolute atomic E-state index is 0.0514. The normalized spacial score (nSPS) is 32.0. The number of rotatable bonds is 8. The van der Waals surface area contributed by atoms with Crippen LogP contribution in [0.5, 0.6) is 0 Å². The maximum Gasteiger partial charge on any atom is 0.407 e. The molecule has 190 valence electrons. The molecule has 34 heavy (non-hydrogen) atoms. The summed E-state index contributed by atoms with van der Waals surface area (Å²) in [7, 11) is 1.50. The molecular formula is C27H42N2O5. The van der Waals surface area contributed by atoms with E-state index in [0.717, 1.165) is 51.6 Å². The molecule has 3 atom stereocenters. The van der Waals surface area contributed by atoms with Crippen LogP contribution in [-0.4, -0.2) is 55.1 Å². The summed E-state index contributed by atoms with van der Waals surface area (Å²) in [5.74, 6) is 0.518. The first-order chi connectivity index (χ1) is 16.1. The molecule has 1 saturated carbocycles. The lowest BCUT2D eigenvalue weighted by Gasteiger charge is -2.38. The third-order valence-electron chi connectivity index (χ3n) is 6.90. The Kier molecular flexibility index (Phi) is 8.99. The third kappa shape index (κ3) is 8.58. The first-order valence-corrected chi connectivity index (χ1v) is 12.6. The highest BCUT2D eigenvalue weighted by molar-refractivity contribution is 5.87. The fraction of sp³-hybridized carbons (Fsp3) is 0.704. The molecule has 0 aromatic heterocycles. The maximum atomic E-state index is 12.2. The fourth-order valence-corrected chi connectivity index (χ4v) is 5.10. The number of carbonyl (C=O) groups excluding carboxylic acids is 2. The first kappa shape index (κ1) is 26.5. The summed E-state index contributed by atoms with van der Waals surface area (Å²) < 4.78 is 17.0. The van der Waals surface area contributed by atoms with Crippen molar-refractivity contribution in [2.75, 3.05) is 13.7 Å². The zero-order valence-corrected chi connectivity index (χ0v) is 21.4. The van der Waals surface area contributed by atoms with E-state index in [4.69, 9.17) is 14.2 Å². The van der Waals surface area contributed by atoms with E-state index in [9.17, 15) is 9.59 Å². The molecule has 7 nitrogen and oxygen atoms in total. The molecule has 2 N–H and O–H groups in total. The SMILES string of the molecule is CNC(=O)O[C@@H](C)/C=C\C(=O)NC1CCC(C/C=C(C)/C=C/[C@@H]2CC3(CO3)CC(C)(C)O2)CC1. The monoisotopic (exact) mass is 474 g/mol. The molecule has 3 rings (SSSR count). The quantitative estimate of drug-likeness (QED) is 0.305. The number of allylic oxidation sites excluding steroid dienone is 3. The zero-order valence-electron chi connectivity index (χ0n) is 21.4. The van der Waals surface area contributed by atoms with E-state index in [2.05, 4.69) is 49.6 Å². The van der Waals surface area contributed by atoms with Crippen LogP contribution in [0.15, 0.2) is 36.0 Å². The average Bonchev–Trinajstić information content (AvgIpc) is 3.51. The van der Waals surface area contributed by atoms with Crippen LogP contribution in [0.25, 0.3) is 0 Å². The number of hydrogen-bond donors (Lipinski definition) is 2. The van der Waals surface area contributed by atoms with Gasteiger partial charge in [0.25, 0.3) is 0 Å². The van der Waals surface area contributed by atoms with Crippen molar-refractivity contribution in [2.45, 2.75) is 102 Å². The van der Waals surface area contributed by atoms with Gasteiger partial charge in [-0.3, -0.25) is 4.79 Å². The van der Waals surface area contributed by atoms with Crippen molar-refractivity contribution in [1.29, 1.82) is 0 Å². The number of carbonyl (C=O) groups is 2. The van der Waals surface area contributed by atoms with Gasteiger partial charge in [0.15, 0.2) is 0 Å². The van der Waals surface area contributed by atoms with Gasteiger partial charge in [-0.2, -0.15) is 0 Å². The Morgan fingerprint density at radius 2 is 1.88 bits per heavy atom. The molecule has 0 aromatic carbocycles. The molecule has 0 radical (unpaired) electrons. The topological polar surface area (TPSA) is 89.2 Å². The molecule has 1 spiro atoms. The van der Waals surface area contributed by atoms with Gasteiger partial charge in [0.05, 0.1) is 23.9 Å². The minimum Gasteiger partial charge on any atom is -0.442 e. The summed E-state index contributed by atoms with van der Waals surface area (Å²) >= 11 is 0. The van der Waals surface area contributed by atoms with Crippen LogP contribution < -0.4 is 10.6 Å². The molecule has 2 saturated heterocycles. The van der Waals surface area contributed by atoms with Gasteiger partial charge in [-0.25, -0.2) is 4.79 Å². The Morgan fingerprint density at radius 3 is 2.53 bits per heavy atom. The summed E-state index contributed by atoms with van der Waals surface area (Å²) in [5, 5.41) is 5.46. The molecule has 3 aliphatic rings. The second-order valence-electron chi connectivity index (χ2n) is 10.8. The smallest absolute Gasteiger partial charge is 0.407 e. The highest BCUT2D eigenvalue weighted by Crippen LogP contribution is 2.46. The third-order valence-corrected chi connectivity index (χ3v) is 6.90. The zero-order chi connectivity index (χ0) is 24.8. The Labute approximate surface area is 204 Å². The van der Waals surface area contributed by atoms with Gasteiger partial charge >= 0.3 is 6.09 Å². The number of ether oxygens (including phenoxy) is 3. The molecule has 7 heteroatoms. The number of epoxide rings is 1. The fourth-order valence-electron chi connectivity index (χ4n) is 5.10. The predicted molar refractivity (Wildman–Crippen MR) is 132 cm³/mol. The minimum atomic E-state index is -0.511. The summed E-state index contributed by atoms with van der Waals surface area (Å²) in [6, 6.07) is 0.206. The molecular weight excluding hydrogens is 432 g/mol. The van der Waals surface area contributed by atoms with Crippen LogP contribution in [0.2, 0.25) is 0 Å². The molecule has 1 unspecified atom stereocenters. The summed E-state index contributed by atoms with van der Waals surface area (Å²) in [4.78, 5) is 23.3. The second-order valence-corrected chi connectivity index (χ2v) is 10.8. The van der Waals surface area contributed by atoms with Crippen LogP contribution in [0, 0.1) is 5.92 Å². The first-order valence-electron chi connectivity index (χ1n) is 12.6. The van der Waals surface area contributed by atoms with E-state index >= 15 is 0 Å². The van der Waals surface area contributed by atoms with Gasteiger partial charge in [0.2, 0.25) is 5.91 Å². The van der Waals surface area contributed by atoms with E-state index in [0.29, 0.717) is 5.92 Å². The summed E-state index contributed by atoms with van der Waals surface area (Å²) in [6.45, 7) is 9.04. The van der Waals surface area contributed by atoms with Crippen LogP contribution in [0.4, 0.5) is 4.79 Å². The van der Waals surface area contributed by atoms with Crippen molar-refractivity contribution < 1.29 is 23.8 Å². The Bertz CT molecular complexity index is 798. The molecule has 0 bridgehead atoms. The predicted octanol–water partition coefficient (Wildman–Crippen LogP) is 4.58. The molecule has 2 heterocycles. The lowest BCUT2D eigenvalue weighted by atomic mass is 9.83. The number of alkyl carbamates (subject to hydrolysis) is 1. The number of nitrogens with one attached hydrogen (secondary N) is 2. The highest BCUT2D eigenvalue weighted by atomic mass is 16.6. The van der Waals surface area contributed by atoms with Crippen LogP contribution in [-0.2, 0) is 19.0 Å². The lowest BCUT2D eigenvalue weighted by Crippen LogP contribution is -2.43. The van der Waals surface area contributed by atoms with Crippen LogP contribution in [0.1, 0.15) is 72.6 Å². The van der Waals surface area contributed by atoms with Crippen molar-refractivity contribution >= 4 is 12.0 Å². The maximum absolute atomic E-state index is 12.2. The van der Waals surface area contributed by atoms with Crippen molar-refractivity contribution in [2.24, 2.45) is 5.92 Å². The van der Waals surface area contributed by atoms with Gasteiger partial charge in [-0.05, 0) is 71.8 Å². The standard InChI is InChI=1S/C27H42N2O5/c1-19(7-14-23-16-27(18-32-27)17-26(3,4)34-23)6-9-21-10-12-22(13-11-21)29-24(30)15-8-20(2)33-25(31)28-5/h6-8,14-15,20-23H,9-13,16-18H2,1-5H3,(H,28,31)(H,29,30)/b14-7+,15-8-,19-6+/t20-,21?,22?,23+,27?/m0/s1. The van der Waals surface area contributed by atoms with Crippen LogP contribution in [0.3, 0.4) is 0 Å². The summed E-state index contributed by atoms with van der Waals surface area (Å²) in [5.41, 5.74) is 1.19. The van der Waals surface area contributed by atoms with Gasteiger partial charge in [0.1, 0.15) is 6.10 Å². The molecule has 3 fully saturated rings. The number of amides is 2. The van der Waals surface area contributed by atoms with Gasteiger partial charge < -0.3 is 24.8 Å². The van der Waals surface area contributed by atoms with E-state index < -0.39 is 12.2 Å². The molecule has 0 aromatic rings. The van der Waals surface area contributed by atoms with Crippen molar-refractivity contribution in [1.82, 2.24) is 10.6 Å².